The summed E-state index contributed by atoms with van der Waals surface area (Å²) in [6, 6.07) is 6.07. The zero-order valence-electron chi connectivity index (χ0n) is 17.1. The number of likely N-dealkylation sites (tertiary alicyclic amines) is 1. The van der Waals surface area contributed by atoms with Crippen molar-refractivity contribution in [1.82, 2.24) is 4.90 Å². The van der Waals surface area contributed by atoms with Crippen LogP contribution in [-0.2, 0) is 9.59 Å². The molecule has 28 heavy (non-hydrogen) atoms. The Kier molecular flexibility index (Phi) is 10.1. The maximum atomic E-state index is 9.10. The van der Waals surface area contributed by atoms with E-state index in [9.17, 15) is 0 Å². The summed E-state index contributed by atoms with van der Waals surface area (Å²) in [5.41, 5.74) is 1.13. The van der Waals surface area contributed by atoms with Crippen molar-refractivity contribution in [3.8, 4) is 11.5 Å². The standard InChI is InChI=1S/C19H29NO2.C2H2O4/c1-5-6-17-7-8-18(19(12-17)21-4)22-10-9-20-13-15(2)11-16(3)14-20;3-1(4)2(5)6/h5-8,12,15-16H,9-11,13-14H2,1-4H3;(H,3,4)(H,5,6). The van der Waals surface area contributed by atoms with Gasteiger partial charge in [0.1, 0.15) is 6.61 Å². The SMILES string of the molecule is CC=Cc1ccc(OCCN2CC(C)CC(C)C2)c(OC)c1.O=C(O)C(=O)O. The first kappa shape index (κ1) is 23.5. The topological polar surface area (TPSA) is 96.3 Å². The lowest BCUT2D eigenvalue weighted by atomic mass is 9.92. The third kappa shape index (κ3) is 8.43. The van der Waals surface area contributed by atoms with Crippen molar-refractivity contribution in [1.29, 1.82) is 0 Å². The molecule has 0 aromatic heterocycles. The molecule has 7 heteroatoms. The zero-order valence-corrected chi connectivity index (χ0v) is 17.1. The number of aliphatic carboxylic acids is 2. The molecule has 1 fully saturated rings. The molecular formula is C21H31NO6. The van der Waals surface area contributed by atoms with Crippen molar-refractivity contribution in [2.45, 2.75) is 27.2 Å². The molecule has 1 saturated heterocycles. The Morgan fingerprint density at radius 3 is 2.25 bits per heavy atom. The van der Waals surface area contributed by atoms with Crippen molar-refractivity contribution in [3.05, 3.63) is 29.8 Å². The maximum Gasteiger partial charge on any atom is 0.414 e. The lowest BCUT2D eigenvalue weighted by Gasteiger charge is -2.34. The van der Waals surface area contributed by atoms with E-state index in [1.165, 1.54) is 19.5 Å². The summed E-state index contributed by atoms with van der Waals surface area (Å²) in [5.74, 6) is -0.438. The highest BCUT2D eigenvalue weighted by Crippen LogP contribution is 2.28. The molecule has 0 amide bonds. The van der Waals surface area contributed by atoms with Crippen LogP contribution in [0, 0.1) is 11.8 Å². The van der Waals surface area contributed by atoms with E-state index in [1.54, 1.807) is 7.11 Å². The minimum absolute atomic E-state index is 0.707. The van der Waals surface area contributed by atoms with Crippen LogP contribution >= 0.6 is 0 Å². The second kappa shape index (κ2) is 12.0. The van der Waals surface area contributed by atoms with Gasteiger partial charge in [0, 0.05) is 19.6 Å². The fraction of sp³-hybridized carbons (Fsp3) is 0.524. The fourth-order valence-corrected chi connectivity index (χ4v) is 3.36. The minimum Gasteiger partial charge on any atom is -0.493 e. The van der Waals surface area contributed by atoms with Gasteiger partial charge in [-0.1, -0.05) is 32.1 Å². The minimum atomic E-state index is -1.82. The molecule has 1 aliphatic rings. The van der Waals surface area contributed by atoms with Crippen molar-refractivity contribution < 1.29 is 29.3 Å². The number of piperidine rings is 1. The maximum absolute atomic E-state index is 9.10. The molecule has 2 rings (SSSR count). The van der Waals surface area contributed by atoms with Crippen molar-refractivity contribution in [2.75, 3.05) is 33.4 Å². The van der Waals surface area contributed by atoms with E-state index in [0.29, 0.717) is 6.61 Å². The summed E-state index contributed by atoms with van der Waals surface area (Å²) in [6.07, 6.45) is 5.42. The molecule has 1 aliphatic heterocycles. The number of rotatable bonds is 6. The number of nitrogens with zero attached hydrogens (tertiary/aromatic N) is 1. The largest absolute Gasteiger partial charge is 0.493 e. The summed E-state index contributed by atoms with van der Waals surface area (Å²) in [6.45, 7) is 10.7. The van der Waals surface area contributed by atoms with Gasteiger partial charge in [-0.3, -0.25) is 4.90 Å². The highest BCUT2D eigenvalue weighted by Gasteiger charge is 2.21. The summed E-state index contributed by atoms with van der Waals surface area (Å²) < 4.78 is 11.4. The van der Waals surface area contributed by atoms with Crippen LogP contribution < -0.4 is 9.47 Å². The zero-order chi connectivity index (χ0) is 21.1. The van der Waals surface area contributed by atoms with E-state index in [1.807, 2.05) is 25.1 Å². The van der Waals surface area contributed by atoms with Crippen LogP contribution in [0.25, 0.3) is 6.08 Å². The molecule has 2 N–H and O–H groups in total. The number of hydrogen-bond donors (Lipinski definition) is 2. The summed E-state index contributed by atoms with van der Waals surface area (Å²) in [4.78, 5) is 20.7. The highest BCUT2D eigenvalue weighted by molar-refractivity contribution is 6.27. The number of carbonyl (C=O) groups is 2. The first-order chi connectivity index (χ1) is 13.3. The molecule has 0 aliphatic carbocycles. The van der Waals surface area contributed by atoms with Gasteiger partial charge in [0.15, 0.2) is 11.5 Å². The first-order valence-corrected chi connectivity index (χ1v) is 9.38. The average Bonchev–Trinajstić information content (AvgIpc) is 2.62. The normalized spacial score (nSPS) is 19.6. The van der Waals surface area contributed by atoms with Gasteiger partial charge in [-0.05, 0) is 42.9 Å². The number of ether oxygens (including phenoxy) is 2. The summed E-state index contributed by atoms with van der Waals surface area (Å²) >= 11 is 0. The Balaban J connectivity index is 0.000000568. The van der Waals surface area contributed by atoms with Gasteiger partial charge < -0.3 is 19.7 Å². The molecule has 2 unspecified atom stereocenters. The van der Waals surface area contributed by atoms with Gasteiger partial charge in [0.25, 0.3) is 0 Å². The Morgan fingerprint density at radius 2 is 1.75 bits per heavy atom. The van der Waals surface area contributed by atoms with Crippen LogP contribution in [0.2, 0.25) is 0 Å². The van der Waals surface area contributed by atoms with Crippen LogP contribution in [0.1, 0.15) is 32.8 Å². The number of carboxylic acids is 2. The van der Waals surface area contributed by atoms with Crippen molar-refractivity contribution in [2.24, 2.45) is 11.8 Å². The van der Waals surface area contributed by atoms with Gasteiger partial charge in [-0.25, -0.2) is 9.59 Å². The van der Waals surface area contributed by atoms with Gasteiger partial charge >= 0.3 is 11.9 Å². The van der Waals surface area contributed by atoms with Crippen LogP contribution in [0.4, 0.5) is 0 Å². The monoisotopic (exact) mass is 393 g/mol. The first-order valence-electron chi connectivity index (χ1n) is 9.38. The van der Waals surface area contributed by atoms with Gasteiger partial charge in [-0.2, -0.15) is 0 Å². The molecule has 0 saturated carbocycles. The molecule has 1 heterocycles. The number of benzene rings is 1. The molecule has 2 atom stereocenters. The summed E-state index contributed by atoms with van der Waals surface area (Å²) in [7, 11) is 1.69. The van der Waals surface area contributed by atoms with E-state index >= 15 is 0 Å². The lowest BCUT2D eigenvalue weighted by Crippen LogP contribution is -2.40. The second-order valence-electron chi connectivity index (χ2n) is 7.07. The number of carboxylic acid groups (broad SMARTS) is 2. The molecule has 0 bridgehead atoms. The molecule has 1 aromatic carbocycles. The van der Waals surface area contributed by atoms with Crippen molar-refractivity contribution in [3.63, 3.8) is 0 Å². The quantitative estimate of drug-likeness (QED) is 0.716. The Hall–Kier alpha value is -2.54. The predicted molar refractivity (Wildman–Crippen MR) is 108 cm³/mol. The second-order valence-corrected chi connectivity index (χ2v) is 7.07. The third-order valence-electron chi connectivity index (χ3n) is 4.34. The smallest absolute Gasteiger partial charge is 0.414 e. The lowest BCUT2D eigenvalue weighted by molar-refractivity contribution is -0.159. The van der Waals surface area contributed by atoms with E-state index in [-0.39, 0.29) is 0 Å². The van der Waals surface area contributed by atoms with E-state index in [4.69, 9.17) is 29.3 Å². The number of allylic oxidation sites excluding steroid dienone is 1. The van der Waals surface area contributed by atoms with E-state index < -0.39 is 11.9 Å². The molecule has 7 nitrogen and oxygen atoms in total. The Bertz CT molecular complexity index is 651. The Labute approximate surface area is 166 Å². The highest BCUT2D eigenvalue weighted by atomic mass is 16.5. The van der Waals surface area contributed by atoms with Crippen LogP contribution in [0.5, 0.6) is 11.5 Å². The van der Waals surface area contributed by atoms with Crippen molar-refractivity contribution >= 4 is 18.0 Å². The van der Waals surface area contributed by atoms with Gasteiger partial charge in [-0.15, -0.1) is 0 Å². The van der Waals surface area contributed by atoms with Crippen LogP contribution in [0.3, 0.4) is 0 Å². The third-order valence-corrected chi connectivity index (χ3v) is 4.34. The van der Waals surface area contributed by atoms with E-state index in [0.717, 1.165) is 35.4 Å². The van der Waals surface area contributed by atoms with E-state index in [2.05, 4.69) is 30.9 Å². The number of hydrogen-bond acceptors (Lipinski definition) is 5. The summed E-state index contributed by atoms with van der Waals surface area (Å²) in [5, 5.41) is 14.8. The molecule has 156 valence electrons. The molecular weight excluding hydrogens is 362 g/mol. The van der Waals surface area contributed by atoms with Gasteiger partial charge in [0.2, 0.25) is 0 Å². The van der Waals surface area contributed by atoms with Crippen LogP contribution in [-0.4, -0.2) is 60.4 Å². The predicted octanol–water partition coefficient (Wildman–Crippen LogP) is 3.24. The molecule has 0 radical (unpaired) electrons. The Morgan fingerprint density at radius 1 is 1.14 bits per heavy atom. The van der Waals surface area contributed by atoms with Crippen LogP contribution in [0.15, 0.2) is 24.3 Å². The molecule has 0 spiro atoms. The fourth-order valence-electron chi connectivity index (χ4n) is 3.36. The molecule has 1 aromatic rings. The van der Waals surface area contributed by atoms with Gasteiger partial charge in [0.05, 0.1) is 7.11 Å². The number of methoxy groups -OCH3 is 1. The average molecular weight is 393 g/mol.